The third kappa shape index (κ3) is 3.88. The van der Waals surface area contributed by atoms with Crippen molar-refractivity contribution < 1.29 is 13.2 Å². The van der Waals surface area contributed by atoms with E-state index in [1.807, 2.05) is 18.2 Å². The number of aromatic nitrogens is 2. The monoisotopic (exact) mass is 357 g/mol. The molecule has 2 N–H and O–H groups in total. The molecule has 1 aliphatic rings. The molecule has 0 saturated carbocycles. The Labute approximate surface area is 141 Å². The fourth-order valence-electron chi connectivity index (χ4n) is 2.44. The molecule has 0 aliphatic carbocycles. The Kier molecular flexibility index (Phi) is 4.77. The molecule has 0 bridgehead atoms. The van der Waals surface area contributed by atoms with E-state index in [2.05, 4.69) is 25.5 Å². The van der Waals surface area contributed by atoms with Gasteiger partial charge in [0.1, 0.15) is 10.7 Å². The minimum absolute atomic E-state index is 0.0189. The summed E-state index contributed by atoms with van der Waals surface area (Å²) in [5.41, 5.74) is 0.658. The number of benzene rings is 1. The SMILES string of the molecule is FC(F)(F)c1cnc(Nc2cccc(N3CCNCC3)c2)nc1Cl. The zero-order valence-electron chi connectivity index (χ0n) is 12.6. The molecule has 0 amide bonds. The molecule has 9 heteroatoms. The van der Waals surface area contributed by atoms with Crippen LogP contribution in [0, 0.1) is 0 Å². The van der Waals surface area contributed by atoms with E-state index in [-0.39, 0.29) is 5.95 Å². The Balaban J connectivity index is 1.77. The van der Waals surface area contributed by atoms with Crippen molar-refractivity contribution in [3.63, 3.8) is 0 Å². The fourth-order valence-corrected chi connectivity index (χ4v) is 2.68. The molecule has 24 heavy (non-hydrogen) atoms. The van der Waals surface area contributed by atoms with Gasteiger partial charge < -0.3 is 15.5 Å². The van der Waals surface area contributed by atoms with Crippen LogP contribution in [-0.4, -0.2) is 36.1 Å². The predicted octanol–water partition coefficient (Wildman–Crippen LogP) is 3.30. The normalized spacial score (nSPS) is 15.4. The Morgan fingerprint density at radius 2 is 1.96 bits per heavy atom. The maximum Gasteiger partial charge on any atom is 0.420 e. The highest BCUT2D eigenvalue weighted by atomic mass is 35.5. The van der Waals surface area contributed by atoms with E-state index in [9.17, 15) is 13.2 Å². The van der Waals surface area contributed by atoms with Crippen molar-refractivity contribution in [3.8, 4) is 0 Å². The van der Waals surface area contributed by atoms with Crippen LogP contribution in [0.2, 0.25) is 5.15 Å². The van der Waals surface area contributed by atoms with Gasteiger partial charge in [-0.05, 0) is 18.2 Å². The first-order valence-corrected chi connectivity index (χ1v) is 7.74. The summed E-state index contributed by atoms with van der Waals surface area (Å²) in [7, 11) is 0. The highest BCUT2D eigenvalue weighted by Crippen LogP contribution is 2.33. The predicted molar refractivity (Wildman–Crippen MR) is 86.9 cm³/mol. The zero-order chi connectivity index (χ0) is 17.2. The lowest BCUT2D eigenvalue weighted by Gasteiger charge is -2.29. The van der Waals surface area contributed by atoms with Gasteiger partial charge in [0.2, 0.25) is 5.95 Å². The van der Waals surface area contributed by atoms with Gasteiger partial charge >= 0.3 is 6.18 Å². The van der Waals surface area contributed by atoms with E-state index >= 15 is 0 Å². The smallest absolute Gasteiger partial charge is 0.369 e. The molecule has 1 fully saturated rings. The minimum Gasteiger partial charge on any atom is -0.369 e. The maximum absolute atomic E-state index is 12.7. The summed E-state index contributed by atoms with van der Waals surface area (Å²) in [4.78, 5) is 9.59. The molecule has 0 unspecified atom stereocenters. The van der Waals surface area contributed by atoms with E-state index in [1.165, 1.54) is 0 Å². The van der Waals surface area contributed by atoms with Crippen molar-refractivity contribution in [1.29, 1.82) is 0 Å². The Morgan fingerprint density at radius 1 is 1.21 bits per heavy atom. The third-order valence-electron chi connectivity index (χ3n) is 3.63. The molecule has 1 aromatic heterocycles. The van der Waals surface area contributed by atoms with Crippen LogP contribution < -0.4 is 15.5 Å². The van der Waals surface area contributed by atoms with Crippen LogP contribution in [0.4, 0.5) is 30.5 Å². The number of hydrogen-bond donors (Lipinski definition) is 2. The second kappa shape index (κ2) is 6.82. The fraction of sp³-hybridized carbons (Fsp3) is 0.333. The average Bonchev–Trinajstić information content (AvgIpc) is 2.55. The van der Waals surface area contributed by atoms with Gasteiger partial charge in [-0.25, -0.2) is 9.97 Å². The largest absolute Gasteiger partial charge is 0.420 e. The lowest BCUT2D eigenvalue weighted by Crippen LogP contribution is -2.43. The third-order valence-corrected chi connectivity index (χ3v) is 3.92. The highest BCUT2D eigenvalue weighted by Gasteiger charge is 2.34. The second-order valence-electron chi connectivity index (χ2n) is 5.31. The summed E-state index contributed by atoms with van der Waals surface area (Å²) in [6.45, 7) is 3.61. The zero-order valence-corrected chi connectivity index (χ0v) is 13.3. The molecule has 2 heterocycles. The Bertz CT molecular complexity index is 716. The van der Waals surface area contributed by atoms with E-state index < -0.39 is 16.9 Å². The van der Waals surface area contributed by atoms with Crippen LogP contribution in [0.25, 0.3) is 0 Å². The quantitative estimate of drug-likeness (QED) is 0.825. The molecule has 0 radical (unpaired) electrons. The van der Waals surface area contributed by atoms with Crippen LogP contribution in [0.1, 0.15) is 5.56 Å². The van der Waals surface area contributed by atoms with Crippen LogP contribution in [0.5, 0.6) is 0 Å². The number of alkyl halides is 3. The summed E-state index contributed by atoms with van der Waals surface area (Å²) in [6, 6.07) is 7.55. The molecule has 1 aromatic carbocycles. The first-order chi connectivity index (χ1) is 11.4. The van der Waals surface area contributed by atoms with Crippen molar-refractivity contribution in [2.45, 2.75) is 6.18 Å². The summed E-state index contributed by atoms with van der Waals surface area (Å²) < 4.78 is 38.0. The molecular formula is C15H15ClF3N5. The summed E-state index contributed by atoms with van der Waals surface area (Å²) in [5.74, 6) is 0.0189. The number of halogens is 4. The van der Waals surface area contributed by atoms with Gasteiger partial charge in [-0.3, -0.25) is 0 Å². The Morgan fingerprint density at radius 3 is 2.62 bits per heavy atom. The van der Waals surface area contributed by atoms with Crippen molar-refractivity contribution in [3.05, 3.63) is 41.2 Å². The van der Waals surface area contributed by atoms with E-state index in [1.54, 1.807) is 6.07 Å². The van der Waals surface area contributed by atoms with E-state index in [0.717, 1.165) is 31.9 Å². The number of hydrogen-bond acceptors (Lipinski definition) is 5. The maximum atomic E-state index is 12.7. The summed E-state index contributed by atoms with van der Waals surface area (Å²) in [5, 5.41) is 5.54. The lowest BCUT2D eigenvalue weighted by molar-refractivity contribution is -0.137. The van der Waals surface area contributed by atoms with Crippen molar-refractivity contribution in [2.24, 2.45) is 0 Å². The van der Waals surface area contributed by atoms with Gasteiger partial charge in [0, 0.05) is 43.8 Å². The molecule has 5 nitrogen and oxygen atoms in total. The van der Waals surface area contributed by atoms with Gasteiger partial charge in [0.25, 0.3) is 0 Å². The number of rotatable bonds is 3. The average molecular weight is 358 g/mol. The minimum atomic E-state index is -4.57. The first kappa shape index (κ1) is 16.8. The molecule has 0 spiro atoms. The molecular weight excluding hydrogens is 343 g/mol. The standard InChI is InChI=1S/C15H15ClF3N5/c16-13-12(15(17,18)19)9-21-14(23-13)22-10-2-1-3-11(8-10)24-6-4-20-5-7-24/h1-3,8-9,20H,4-7H2,(H,21,22,23). The number of nitrogens with zero attached hydrogens (tertiary/aromatic N) is 3. The summed E-state index contributed by atoms with van der Waals surface area (Å²) in [6.07, 6.45) is -3.89. The molecule has 1 aliphatic heterocycles. The summed E-state index contributed by atoms with van der Waals surface area (Å²) >= 11 is 5.61. The number of piperazine rings is 1. The molecule has 3 rings (SSSR count). The lowest BCUT2D eigenvalue weighted by atomic mass is 10.2. The van der Waals surface area contributed by atoms with Crippen molar-refractivity contribution >= 4 is 28.9 Å². The van der Waals surface area contributed by atoms with Crippen LogP contribution in [0.15, 0.2) is 30.5 Å². The van der Waals surface area contributed by atoms with Crippen LogP contribution >= 0.6 is 11.6 Å². The van der Waals surface area contributed by atoms with E-state index in [0.29, 0.717) is 11.9 Å². The molecule has 1 saturated heterocycles. The molecule has 128 valence electrons. The van der Waals surface area contributed by atoms with Gasteiger partial charge in [0.15, 0.2) is 0 Å². The Hall–Kier alpha value is -2.06. The highest BCUT2D eigenvalue weighted by molar-refractivity contribution is 6.30. The van der Waals surface area contributed by atoms with Gasteiger partial charge in [-0.1, -0.05) is 17.7 Å². The van der Waals surface area contributed by atoms with Crippen molar-refractivity contribution in [1.82, 2.24) is 15.3 Å². The number of anilines is 3. The topological polar surface area (TPSA) is 53.1 Å². The second-order valence-corrected chi connectivity index (χ2v) is 5.67. The van der Waals surface area contributed by atoms with Gasteiger partial charge in [-0.15, -0.1) is 0 Å². The van der Waals surface area contributed by atoms with Crippen molar-refractivity contribution in [2.75, 3.05) is 36.4 Å². The van der Waals surface area contributed by atoms with E-state index in [4.69, 9.17) is 11.6 Å². The van der Waals surface area contributed by atoms with Gasteiger partial charge in [-0.2, -0.15) is 13.2 Å². The van der Waals surface area contributed by atoms with Crippen LogP contribution in [0.3, 0.4) is 0 Å². The number of nitrogens with one attached hydrogen (secondary N) is 2. The van der Waals surface area contributed by atoms with Crippen LogP contribution in [-0.2, 0) is 6.18 Å². The molecule has 2 aromatic rings. The first-order valence-electron chi connectivity index (χ1n) is 7.36. The van der Waals surface area contributed by atoms with Gasteiger partial charge in [0.05, 0.1) is 0 Å². The molecule has 0 atom stereocenters.